The summed E-state index contributed by atoms with van der Waals surface area (Å²) in [5, 5.41) is 20.9. The molecule has 0 saturated heterocycles. The maximum absolute atomic E-state index is 9.84. The van der Waals surface area contributed by atoms with Gasteiger partial charge in [-0.2, -0.15) is 0 Å². The normalized spacial score (nSPS) is 11.2. The number of hydrogen-bond donors (Lipinski definition) is 2. The summed E-state index contributed by atoms with van der Waals surface area (Å²) >= 11 is 0. The van der Waals surface area contributed by atoms with Crippen molar-refractivity contribution >= 4 is 10.8 Å². The van der Waals surface area contributed by atoms with E-state index in [9.17, 15) is 5.11 Å². The number of aliphatic hydroxyl groups excluding tert-OH is 1. The molecule has 31 heavy (non-hydrogen) atoms. The van der Waals surface area contributed by atoms with Gasteiger partial charge in [-0.3, -0.25) is 0 Å². The fourth-order valence-corrected chi connectivity index (χ4v) is 3.67. The Morgan fingerprint density at radius 1 is 0.871 bits per heavy atom. The van der Waals surface area contributed by atoms with E-state index in [-0.39, 0.29) is 12.4 Å². The van der Waals surface area contributed by atoms with E-state index < -0.39 is 0 Å². The number of fused-ring (bicyclic) bond motifs is 1. The van der Waals surface area contributed by atoms with Crippen molar-refractivity contribution in [3.8, 4) is 17.2 Å². The minimum Gasteiger partial charge on any atom is -0.508 e. The number of aliphatic hydroxyl groups is 1. The molecule has 0 aromatic heterocycles. The largest absolute Gasteiger partial charge is 0.508 e. The van der Waals surface area contributed by atoms with Crippen LogP contribution in [0.4, 0.5) is 0 Å². The third kappa shape index (κ3) is 6.36. The molecule has 3 aromatic carbocycles. The van der Waals surface area contributed by atoms with E-state index >= 15 is 0 Å². The molecule has 166 valence electrons. The van der Waals surface area contributed by atoms with Crippen molar-refractivity contribution in [1.82, 2.24) is 4.90 Å². The number of likely N-dealkylation sites (N-methyl/N-ethyl adjacent to an activating group) is 1. The van der Waals surface area contributed by atoms with E-state index in [1.54, 1.807) is 12.1 Å². The average molecular weight is 424 g/mol. The third-order valence-corrected chi connectivity index (χ3v) is 5.51. The standard InChI is InChI=1S/C26H33NO4/c1-3-27(4-2)14-17-30-23-10-6-20(7-11-23)18-25-24-12-9-22(29)19-21(24)8-13-26(25)31-16-5-15-28/h6-13,19,28-29H,3-5,14-18H2,1-2H3. The lowest BCUT2D eigenvalue weighted by Crippen LogP contribution is -2.27. The molecule has 0 fully saturated rings. The molecule has 0 bridgehead atoms. The van der Waals surface area contributed by atoms with Crippen LogP contribution < -0.4 is 9.47 Å². The van der Waals surface area contributed by atoms with Gasteiger partial charge in [0.05, 0.1) is 6.61 Å². The first-order valence-corrected chi connectivity index (χ1v) is 11.1. The fraction of sp³-hybridized carbons (Fsp3) is 0.385. The summed E-state index contributed by atoms with van der Waals surface area (Å²) in [7, 11) is 0. The van der Waals surface area contributed by atoms with Crippen molar-refractivity contribution in [3.63, 3.8) is 0 Å². The zero-order valence-electron chi connectivity index (χ0n) is 18.5. The SMILES string of the molecule is CCN(CC)CCOc1ccc(Cc2c(OCCCO)ccc3cc(O)ccc23)cc1. The number of phenols is 1. The number of nitrogens with zero attached hydrogens (tertiary/aromatic N) is 1. The highest BCUT2D eigenvalue weighted by Gasteiger charge is 2.11. The lowest BCUT2D eigenvalue weighted by Gasteiger charge is -2.18. The van der Waals surface area contributed by atoms with Crippen molar-refractivity contribution in [3.05, 3.63) is 65.7 Å². The molecule has 0 radical (unpaired) electrons. The number of hydrogen-bond acceptors (Lipinski definition) is 5. The van der Waals surface area contributed by atoms with Crippen LogP contribution in [0.2, 0.25) is 0 Å². The maximum atomic E-state index is 9.84. The Bertz CT molecular complexity index is 952. The molecule has 5 heteroatoms. The number of rotatable bonds is 12. The van der Waals surface area contributed by atoms with E-state index in [1.165, 1.54) is 0 Å². The first kappa shape index (κ1) is 22.9. The molecule has 0 aliphatic heterocycles. The Morgan fingerprint density at radius 3 is 2.35 bits per heavy atom. The smallest absolute Gasteiger partial charge is 0.123 e. The van der Waals surface area contributed by atoms with Crippen LogP contribution in [0.1, 0.15) is 31.4 Å². The van der Waals surface area contributed by atoms with Gasteiger partial charge in [0.25, 0.3) is 0 Å². The van der Waals surface area contributed by atoms with Crippen LogP contribution in [0, 0.1) is 0 Å². The molecule has 0 spiro atoms. The molecule has 0 aliphatic rings. The van der Waals surface area contributed by atoms with Gasteiger partial charge in [-0.15, -0.1) is 0 Å². The van der Waals surface area contributed by atoms with Crippen LogP contribution in [0.5, 0.6) is 17.2 Å². The lowest BCUT2D eigenvalue weighted by atomic mass is 9.97. The molecule has 0 unspecified atom stereocenters. The Balaban J connectivity index is 1.75. The zero-order valence-corrected chi connectivity index (χ0v) is 18.5. The van der Waals surface area contributed by atoms with Crippen LogP contribution in [0.3, 0.4) is 0 Å². The minimum absolute atomic E-state index is 0.104. The predicted molar refractivity (Wildman–Crippen MR) is 125 cm³/mol. The molecular formula is C26H33NO4. The van der Waals surface area contributed by atoms with Crippen molar-refractivity contribution in [2.24, 2.45) is 0 Å². The Labute approximate surface area is 184 Å². The molecule has 0 atom stereocenters. The van der Waals surface area contributed by atoms with Crippen LogP contribution in [0.25, 0.3) is 10.8 Å². The lowest BCUT2D eigenvalue weighted by molar-refractivity contribution is 0.223. The van der Waals surface area contributed by atoms with E-state index in [0.29, 0.717) is 26.1 Å². The molecule has 2 N–H and O–H groups in total. The van der Waals surface area contributed by atoms with E-state index in [4.69, 9.17) is 14.6 Å². The second kappa shape index (κ2) is 11.6. The second-order valence-electron chi connectivity index (χ2n) is 7.57. The van der Waals surface area contributed by atoms with E-state index in [0.717, 1.165) is 53.0 Å². The van der Waals surface area contributed by atoms with Crippen molar-refractivity contribution < 1.29 is 19.7 Å². The van der Waals surface area contributed by atoms with Gasteiger partial charge in [0.15, 0.2) is 0 Å². The van der Waals surface area contributed by atoms with Gasteiger partial charge in [-0.1, -0.05) is 38.1 Å². The first-order valence-electron chi connectivity index (χ1n) is 11.1. The average Bonchev–Trinajstić information content (AvgIpc) is 2.79. The Morgan fingerprint density at radius 2 is 1.65 bits per heavy atom. The maximum Gasteiger partial charge on any atom is 0.123 e. The predicted octanol–water partition coefficient (Wildman–Crippen LogP) is 4.62. The Kier molecular flexibility index (Phi) is 8.56. The summed E-state index contributed by atoms with van der Waals surface area (Å²) in [5.41, 5.74) is 2.23. The molecule has 3 aromatic rings. The summed E-state index contributed by atoms with van der Waals surface area (Å²) in [6.07, 6.45) is 1.29. The summed E-state index contributed by atoms with van der Waals surface area (Å²) in [6.45, 7) is 8.56. The molecule has 3 rings (SSSR count). The second-order valence-corrected chi connectivity index (χ2v) is 7.57. The monoisotopic (exact) mass is 423 g/mol. The number of benzene rings is 3. The van der Waals surface area contributed by atoms with E-state index in [2.05, 4.69) is 30.9 Å². The van der Waals surface area contributed by atoms with Crippen LogP contribution in [0.15, 0.2) is 54.6 Å². The highest BCUT2D eigenvalue weighted by atomic mass is 16.5. The van der Waals surface area contributed by atoms with Gasteiger partial charge in [0.2, 0.25) is 0 Å². The highest BCUT2D eigenvalue weighted by molar-refractivity contribution is 5.89. The highest BCUT2D eigenvalue weighted by Crippen LogP contribution is 2.32. The van der Waals surface area contributed by atoms with Crippen LogP contribution in [-0.4, -0.2) is 54.6 Å². The quantitative estimate of drug-likeness (QED) is 0.416. The van der Waals surface area contributed by atoms with Crippen LogP contribution >= 0.6 is 0 Å². The topological polar surface area (TPSA) is 62.2 Å². The number of aromatic hydroxyl groups is 1. The molecule has 5 nitrogen and oxygen atoms in total. The Hall–Kier alpha value is -2.76. The number of phenolic OH excluding ortho intramolecular Hbond substituents is 1. The third-order valence-electron chi connectivity index (χ3n) is 5.51. The summed E-state index contributed by atoms with van der Waals surface area (Å²) in [6, 6.07) is 17.5. The van der Waals surface area contributed by atoms with Crippen molar-refractivity contribution in [2.45, 2.75) is 26.7 Å². The van der Waals surface area contributed by atoms with Gasteiger partial charge in [-0.05, 0) is 59.8 Å². The number of ether oxygens (including phenoxy) is 2. The molecule has 0 heterocycles. The fourth-order valence-electron chi connectivity index (χ4n) is 3.67. The van der Waals surface area contributed by atoms with Crippen LogP contribution in [-0.2, 0) is 6.42 Å². The minimum atomic E-state index is 0.104. The summed E-state index contributed by atoms with van der Waals surface area (Å²) < 4.78 is 11.9. The molecular weight excluding hydrogens is 390 g/mol. The molecule has 0 saturated carbocycles. The molecule has 0 aliphatic carbocycles. The van der Waals surface area contributed by atoms with Gasteiger partial charge in [0.1, 0.15) is 23.9 Å². The van der Waals surface area contributed by atoms with Gasteiger partial charge in [-0.25, -0.2) is 0 Å². The van der Waals surface area contributed by atoms with Gasteiger partial charge < -0.3 is 24.6 Å². The van der Waals surface area contributed by atoms with Gasteiger partial charge in [0, 0.05) is 31.6 Å². The summed E-state index contributed by atoms with van der Waals surface area (Å²) in [5.74, 6) is 1.93. The van der Waals surface area contributed by atoms with E-state index in [1.807, 2.05) is 30.3 Å². The van der Waals surface area contributed by atoms with Crippen molar-refractivity contribution in [1.29, 1.82) is 0 Å². The molecule has 0 amide bonds. The van der Waals surface area contributed by atoms with Gasteiger partial charge >= 0.3 is 0 Å². The first-order chi connectivity index (χ1) is 15.1. The van der Waals surface area contributed by atoms with Crippen molar-refractivity contribution in [2.75, 3.05) is 39.5 Å². The zero-order chi connectivity index (χ0) is 22.1. The summed E-state index contributed by atoms with van der Waals surface area (Å²) in [4.78, 5) is 2.34.